The minimum absolute atomic E-state index is 0.176. The number of aliphatic carboxylic acids is 1. The van der Waals surface area contributed by atoms with Crippen molar-refractivity contribution >= 4 is 5.97 Å². The standard InChI is InChI=1S/C4H6O2.C2H3N/c1-3(2)4(5)6;1-2-3/h1H2,2H3,(H,5,6);1H3. The van der Waals surface area contributed by atoms with Crippen molar-refractivity contribution in [1.82, 2.24) is 0 Å². The molecule has 0 unspecified atom stereocenters. The van der Waals surface area contributed by atoms with Gasteiger partial charge in [-0.25, -0.2) is 4.79 Å². The molecule has 0 aliphatic heterocycles. The van der Waals surface area contributed by atoms with E-state index in [0.29, 0.717) is 0 Å². The zero-order valence-corrected chi connectivity index (χ0v) is 5.51. The van der Waals surface area contributed by atoms with Crippen LogP contribution in [-0.4, -0.2) is 11.1 Å². The van der Waals surface area contributed by atoms with Gasteiger partial charge < -0.3 is 5.11 Å². The van der Waals surface area contributed by atoms with E-state index in [2.05, 4.69) is 6.58 Å². The molecular formula is C6H9NO2. The van der Waals surface area contributed by atoms with Crippen LogP contribution in [0.4, 0.5) is 0 Å². The lowest BCUT2D eigenvalue weighted by Crippen LogP contribution is -1.92. The highest BCUT2D eigenvalue weighted by Crippen LogP contribution is 1.81. The molecule has 0 heterocycles. The van der Waals surface area contributed by atoms with Gasteiger partial charge in [-0.2, -0.15) is 5.26 Å². The summed E-state index contributed by atoms with van der Waals surface area (Å²) in [6.07, 6.45) is 0. The van der Waals surface area contributed by atoms with Crippen LogP contribution in [0.25, 0.3) is 0 Å². The summed E-state index contributed by atoms with van der Waals surface area (Å²) in [5, 5.41) is 15.2. The molecule has 0 aliphatic carbocycles. The van der Waals surface area contributed by atoms with Crippen LogP contribution in [0, 0.1) is 11.3 Å². The molecule has 0 aromatic carbocycles. The molecule has 0 aliphatic rings. The lowest BCUT2D eigenvalue weighted by atomic mass is 10.4. The van der Waals surface area contributed by atoms with Gasteiger partial charge >= 0.3 is 5.97 Å². The van der Waals surface area contributed by atoms with Gasteiger partial charge in [-0.1, -0.05) is 6.58 Å². The number of hydrogen-bond acceptors (Lipinski definition) is 2. The monoisotopic (exact) mass is 127 g/mol. The number of carbonyl (C=O) groups is 1. The van der Waals surface area contributed by atoms with Crippen molar-refractivity contribution < 1.29 is 9.90 Å². The Kier molecular flexibility index (Phi) is 7.92. The molecule has 3 nitrogen and oxygen atoms in total. The second-order valence-corrected chi connectivity index (χ2v) is 1.31. The molecule has 0 amide bonds. The van der Waals surface area contributed by atoms with E-state index in [1.165, 1.54) is 13.8 Å². The number of nitriles is 1. The molecule has 0 fully saturated rings. The molecule has 3 heteroatoms. The number of carboxylic acids is 1. The van der Waals surface area contributed by atoms with Gasteiger partial charge in [0.25, 0.3) is 0 Å². The maximum absolute atomic E-state index is 9.60. The molecule has 0 spiro atoms. The quantitative estimate of drug-likeness (QED) is 0.538. The van der Waals surface area contributed by atoms with Crippen LogP contribution in [0.2, 0.25) is 0 Å². The molecular weight excluding hydrogens is 118 g/mol. The van der Waals surface area contributed by atoms with Crippen molar-refractivity contribution in [3.8, 4) is 6.07 Å². The van der Waals surface area contributed by atoms with Crippen LogP contribution in [0.3, 0.4) is 0 Å². The summed E-state index contributed by atoms with van der Waals surface area (Å²) in [7, 11) is 0. The van der Waals surface area contributed by atoms with E-state index in [1.807, 2.05) is 0 Å². The van der Waals surface area contributed by atoms with Crippen LogP contribution in [0.15, 0.2) is 12.2 Å². The van der Waals surface area contributed by atoms with E-state index in [4.69, 9.17) is 10.4 Å². The van der Waals surface area contributed by atoms with Crippen molar-refractivity contribution in [2.45, 2.75) is 13.8 Å². The highest BCUT2D eigenvalue weighted by molar-refractivity contribution is 5.84. The van der Waals surface area contributed by atoms with Gasteiger partial charge in [-0.15, -0.1) is 0 Å². The zero-order valence-electron chi connectivity index (χ0n) is 5.51. The van der Waals surface area contributed by atoms with E-state index in [9.17, 15) is 4.79 Å². The third-order valence-corrected chi connectivity index (χ3v) is 0.365. The van der Waals surface area contributed by atoms with Crippen LogP contribution >= 0.6 is 0 Å². The third-order valence-electron chi connectivity index (χ3n) is 0.365. The summed E-state index contributed by atoms with van der Waals surface area (Å²) in [4.78, 5) is 9.60. The fraction of sp³-hybridized carbons (Fsp3) is 0.333. The number of hydrogen-bond donors (Lipinski definition) is 1. The molecule has 0 aromatic rings. The fourth-order valence-corrected chi connectivity index (χ4v) is 0. The summed E-state index contributed by atoms with van der Waals surface area (Å²) < 4.78 is 0. The smallest absolute Gasteiger partial charge is 0.330 e. The SMILES string of the molecule is C=C(C)C(=O)O.CC#N. The third kappa shape index (κ3) is 20.3. The van der Waals surface area contributed by atoms with E-state index < -0.39 is 5.97 Å². The van der Waals surface area contributed by atoms with Crippen molar-refractivity contribution in [1.29, 1.82) is 5.26 Å². The van der Waals surface area contributed by atoms with Crippen LogP contribution in [-0.2, 0) is 4.79 Å². The second kappa shape index (κ2) is 6.70. The second-order valence-electron chi connectivity index (χ2n) is 1.31. The van der Waals surface area contributed by atoms with Gasteiger partial charge in [0.2, 0.25) is 0 Å². The Morgan fingerprint density at radius 2 is 1.89 bits per heavy atom. The topological polar surface area (TPSA) is 61.1 Å². The largest absolute Gasteiger partial charge is 0.478 e. The minimum atomic E-state index is -0.935. The summed E-state index contributed by atoms with van der Waals surface area (Å²) in [6, 6.07) is 1.75. The van der Waals surface area contributed by atoms with Crippen molar-refractivity contribution in [2.75, 3.05) is 0 Å². The molecule has 0 saturated heterocycles. The van der Waals surface area contributed by atoms with Crippen LogP contribution in [0.5, 0.6) is 0 Å². The summed E-state index contributed by atoms with van der Waals surface area (Å²) in [5.41, 5.74) is 0.176. The Balaban J connectivity index is 0. The van der Waals surface area contributed by atoms with E-state index >= 15 is 0 Å². The first-order valence-corrected chi connectivity index (χ1v) is 2.25. The lowest BCUT2D eigenvalue weighted by Gasteiger charge is -1.79. The highest BCUT2D eigenvalue weighted by atomic mass is 16.4. The van der Waals surface area contributed by atoms with Gasteiger partial charge in [0.05, 0.1) is 6.07 Å². The Labute approximate surface area is 54.2 Å². The van der Waals surface area contributed by atoms with E-state index in [-0.39, 0.29) is 5.57 Å². The molecule has 1 N–H and O–H groups in total. The lowest BCUT2D eigenvalue weighted by molar-refractivity contribution is -0.132. The van der Waals surface area contributed by atoms with Crippen molar-refractivity contribution in [3.63, 3.8) is 0 Å². The molecule has 0 rings (SSSR count). The average molecular weight is 127 g/mol. The first kappa shape index (κ1) is 10.6. The van der Waals surface area contributed by atoms with E-state index in [1.54, 1.807) is 6.07 Å². The maximum Gasteiger partial charge on any atom is 0.330 e. The minimum Gasteiger partial charge on any atom is -0.478 e. The molecule has 0 bridgehead atoms. The van der Waals surface area contributed by atoms with Crippen molar-refractivity contribution in [3.05, 3.63) is 12.2 Å². The normalized spacial score (nSPS) is 5.89. The number of rotatable bonds is 1. The predicted molar refractivity (Wildman–Crippen MR) is 33.7 cm³/mol. The van der Waals surface area contributed by atoms with E-state index in [0.717, 1.165) is 0 Å². The first-order chi connectivity index (χ1) is 4.06. The number of nitrogens with zero attached hydrogens (tertiary/aromatic N) is 1. The first-order valence-electron chi connectivity index (χ1n) is 2.25. The fourth-order valence-electron chi connectivity index (χ4n) is 0. The summed E-state index contributed by atoms with van der Waals surface area (Å²) in [5.74, 6) is -0.935. The molecule has 0 radical (unpaired) electrons. The molecule has 9 heavy (non-hydrogen) atoms. The van der Waals surface area contributed by atoms with Gasteiger partial charge in [-0.3, -0.25) is 0 Å². The predicted octanol–water partition coefficient (Wildman–Crippen LogP) is 1.18. The summed E-state index contributed by atoms with van der Waals surface area (Å²) in [6.45, 7) is 6.03. The van der Waals surface area contributed by atoms with Gasteiger partial charge in [0.1, 0.15) is 0 Å². The van der Waals surface area contributed by atoms with Crippen LogP contribution < -0.4 is 0 Å². The Bertz CT molecular complexity index is 132. The molecule has 0 aromatic heterocycles. The highest BCUT2D eigenvalue weighted by Gasteiger charge is 1.90. The van der Waals surface area contributed by atoms with Gasteiger partial charge in [0, 0.05) is 12.5 Å². The van der Waals surface area contributed by atoms with Crippen LogP contribution in [0.1, 0.15) is 13.8 Å². The molecule has 0 atom stereocenters. The maximum atomic E-state index is 9.60. The Morgan fingerprint density at radius 1 is 1.78 bits per heavy atom. The zero-order chi connectivity index (χ0) is 7.86. The number of carboxylic acid groups (broad SMARTS) is 1. The van der Waals surface area contributed by atoms with Gasteiger partial charge in [0.15, 0.2) is 0 Å². The molecule has 0 saturated carbocycles. The Morgan fingerprint density at radius 3 is 1.89 bits per heavy atom. The Hall–Kier alpha value is -1.30. The van der Waals surface area contributed by atoms with Gasteiger partial charge in [-0.05, 0) is 6.92 Å². The molecule has 50 valence electrons. The summed E-state index contributed by atoms with van der Waals surface area (Å²) >= 11 is 0. The average Bonchev–Trinajstić information content (AvgIpc) is 1.68. The van der Waals surface area contributed by atoms with Crippen molar-refractivity contribution in [2.24, 2.45) is 0 Å².